The van der Waals surface area contributed by atoms with Crippen molar-refractivity contribution in [1.29, 1.82) is 0 Å². The fourth-order valence-electron chi connectivity index (χ4n) is 4.77. The van der Waals surface area contributed by atoms with Crippen molar-refractivity contribution in [3.05, 3.63) is 59.7 Å². The number of benzene rings is 2. The quantitative estimate of drug-likeness (QED) is 0.316. The molecule has 0 aromatic heterocycles. The number of hydrogen-bond donors (Lipinski definition) is 0. The number of hydrogen-bond acceptors (Lipinski definition) is 9. The molecule has 0 radical (unpaired) electrons. The van der Waals surface area contributed by atoms with Crippen molar-refractivity contribution in [2.75, 3.05) is 88.6 Å². The second-order valence-electron chi connectivity index (χ2n) is 10.00. The minimum Gasteiger partial charge on any atom is -0.447 e. The number of piperazine rings is 2. The van der Waals surface area contributed by atoms with E-state index in [1.54, 1.807) is 23.6 Å². The fourth-order valence-corrected chi connectivity index (χ4v) is 4.77. The van der Waals surface area contributed by atoms with Gasteiger partial charge in [-0.25, -0.2) is 9.59 Å². The van der Waals surface area contributed by atoms with Gasteiger partial charge in [0.1, 0.15) is 13.2 Å². The Balaban J connectivity index is 1.03. The van der Waals surface area contributed by atoms with E-state index in [4.69, 9.17) is 14.2 Å². The van der Waals surface area contributed by atoms with E-state index < -0.39 is 0 Å². The summed E-state index contributed by atoms with van der Waals surface area (Å²) in [4.78, 5) is 55.3. The van der Waals surface area contributed by atoms with Crippen LogP contribution in [0.4, 0.5) is 21.0 Å². The molecule has 2 aromatic carbocycles. The summed E-state index contributed by atoms with van der Waals surface area (Å²) in [7, 11) is 0. The molecule has 0 aliphatic carbocycles. The van der Waals surface area contributed by atoms with Crippen molar-refractivity contribution in [2.24, 2.45) is 0 Å². The van der Waals surface area contributed by atoms with Gasteiger partial charge in [0.2, 0.25) is 0 Å². The van der Waals surface area contributed by atoms with Gasteiger partial charge in [0, 0.05) is 74.9 Å². The van der Waals surface area contributed by atoms with Gasteiger partial charge >= 0.3 is 12.2 Å². The van der Waals surface area contributed by atoms with Crippen molar-refractivity contribution in [3.8, 4) is 0 Å². The molecule has 2 aliphatic rings. The third-order valence-corrected chi connectivity index (χ3v) is 7.26. The third kappa shape index (κ3) is 8.43. The molecule has 11 nitrogen and oxygen atoms in total. The molecule has 11 heteroatoms. The molecule has 0 atom stereocenters. The Morgan fingerprint density at radius 1 is 0.537 bits per heavy atom. The van der Waals surface area contributed by atoms with Crippen LogP contribution >= 0.6 is 0 Å². The average Bonchev–Trinajstić information content (AvgIpc) is 3.00. The van der Waals surface area contributed by atoms with Crippen molar-refractivity contribution in [2.45, 2.75) is 13.8 Å². The molecule has 0 bridgehead atoms. The highest BCUT2D eigenvalue weighted by Crippen LogP contribution is 2.19. The zero-order chi connectivity index (χ0) is 29.2. The maximum absolute atomic E-state index is 12.4. The third-order valence-electron chi connectivity index (χ3n) is 7.26. The summed E-state index contributed by atoms with van der Waals surface area (Å²) in [5.74, 6) is 0.0745. The second kappa shape index (κ2) is 14.5. The molecule has 4 rings (SSSR count). The van der Waals surface area contributed by atoms with Crippen LogP contribution in [-0.4, -0.2) is 112 Å². The molecule has 2 amide bonds. The van der Waals surface area contributed by atoms with E-state index in [2.05, 4.69) is 9.80 Å². The van der Waals surface area contributed by atoms with Gasteiger partial charge in [-0.1, -0.05) is 0 Å². The Kier molecular flexibility index (Phi) is 10.6. The lowest BCUT2D eigenvalue weighted by Gasteiger charge is -2.35. The Bertz CT molecular complexity index is 1090. The molecule has 2 aromatic rings. The topological polar surface area (TPSA) is 109 Å². The van der Waals surface area contributed by atoms with Gasteiger partial charge < -0.3 is 33.8 Å². The number of ether oxygens (including phenoxy) is 3. The van der Waals surface area contributed by atoms with E-state index in [1.165, 1.54) is 0 Å². The van der Waals surface area contributed by atoms with Crippen molar-refractivity contribution in [3.63, 3.8) is 0 Å². The molecule has 0 saturated carbocycles. The lowest BCUT2D eigenvalue weighted by atomic mass is 10.1. The molecule has 0 spiro atoms. The zero-order valence-corrected chi connectivity index (χ0v) is 23.8. The van der Waals surface area contributed by atoms with E-state index in [0.717, 1.165) is 11.4 Å². The lowest BCUT2D eigenvalue weighted by Crippen LogP contribution is -2.49. The molecule has 2 saturated heterocycles. The standard InChI is InChI=1S/C30H38N4O7/c1-23(35)25-3-7-27(8-4-25)31-11-15-33(16-12-31)29(37)40-21-19-39-20-22-41-30(38)34-17-13-32(14-18-34)28-9-5-26(6-10-28)24(2)36/h3-10H,11-22H2,1-2H3. The van der Waals surface area contributed by atoms with Crippen LogP contribution in [0.3, 0.4) is 0 Å². The molecular weight excluding hydrogens is 528 g/mol. The monoisotopic (exact) mass is 566 g/mol. The van der Waals surface area contributed by atoms with Crippen molar-refractivity contribution in [1.82, 2.24) is 9.80 Å². The minimum atomic E-state index is -0.374. The van der Waals surface area contributed by atoms with Gasteiger partial charge in [0.25, 0.3) is 0 Å². The summed E-state index contributed by atoms with van der Waals surface area (Å²) in [6.45, 7) is 8.67. The zero-order valence-electron chi connectivity index (χ0n) is 23.8. The van der Waals surface area contributed by atoms with Gasteiger partial charge in [-0.05, 0) is 62.4 Å². The summed E-state index contributed by atoms with van der Waals surface area (Å²) in [6.07, 6.45) is -0.749. The highest BCUT2D eigenvalue weighted by atomic mass is 16.6. The first-order chi connectivity index (χ1) is 19.8. The Hall–Kier alpha value is -4.12. The number of rotatable bonds is 10. The number of nitrogens with zero attached hydrogens (tertiary/aromatic N) is 4. The average molecular weight is 567 g/mol. The number of anilines is 2. The summed E-state index contributed by atoms with van der Waals surface area (Å²) in [5, 5.41) is 0. The Labute approximate surface area is 240 Å². The first-order valence-corrected chi connectivity index (χ1v) is 13.9. The van der Waals surface area contributed by atoms with Crippen LogP contribution in [0, 0.1) is 0 Å². The molecular formula is C30H38N4O7. The summed E-state index contributed by atoms with van der Waals surface area (Å²) >= 11 is 0. The predicted molar refractivity (Wildman–Crippen MR) is 154 cm³/mol. The van der Waals surface area contributed by atoms with E-state index >= 15 is 0 Å². The fraction of sp³-hybridized carbons (Fsp3) is 0.467. The molecule has 2 fully saturated rings. The number of Topliss-reactive ketones (excluding diaryl/α,β-unsaturated/α-hetero) is 2. The second-order valence-corrected chi connectivity index (χ2v) is 10.00. The molecule has 220 valence electrons. The molecule has 41 heavy (non-hydrogen) atoms. The van der Waals surface area contributed by atoms with Crippen molar-refractivity contribution >= 4 is 35.1 Å². The highest BCUT2D eigenvalue weighted by molar-refractivity contribution is 5.94. The van der Waals surface area contributed by atoms with Crippen LogP contribution in [0.15, 0.2) is 48.5 Å². The van der Waals surface area contributed by atoms with Gasteiger partial charge in [0.05, 0.1) is 13.2 Å². The van der Waals surface area contributed by atoms with E-state index in [9.17, 15) is 19.2 Å². The van der Waals surface area contributed by atoms with E-state index in [-0.39, 0.29) is 50.2 Å². The number of carbonyl (C=O) groups excluding carboxylic acids is 4. The van der Waals surface area contributed by atoms with E-state index in [0.29, 0.717) is 63.5 Å². The van der Waals surface area contributed by atoms with E-state index in [1.807, 2.05) is 48.5 Å². The SMILES string of the molecule is CC(=O)c1ccc(N2CCN(C(=O)OCCOCCOC(=O)N3CCN(c4ccc(C(C)=O)cc4)CC3)CC2)cc1. The smallest absolute Gasteiger partial charge is 0.409 e. The number of carbonyl (C=O) groups is 4. The Morgan fingerprint density at radius 3 is 1.20 bits per heavy atom. The van der Waals surface area contributed by atoms with Gasteiger partial charge in [-0.3, -0.25) is 9.59 Å². The summed E-state index contributed by atoms with van der Waals surface area (Å²) < 4.78 is 16.1. The van der Waals surface area contributed by atoms with Gasteiger partial charge in [-0.2, -0.15) is 0 Å². The van der Waals surface area contributed by atoms with Crippen LogP contribution in [0.2, 0.25) is 0 Å². The number of ketones is 2. The molecule has 2 heterocycles. The van der Waals surface area contributed by atoms with Crippen LogP contribution in [0.25, 0.3) is 0 Å². The van der Waals surface area contributed by atoms with Crippen molar-refractivity contribution < 1.29 is 33.4 Å². The lowest BCUT2D eigenvalue weighted by molar-refractivity contribution is 0.0288. The van der Waals surface area contributed by atoms with Crippen LogP contribution < -0.4 is 9.80 Å². The maximum atomic E-state index is 12.4. The number of amides is 2. The predicted octanol–water partition coefficient (Wildman–Crippen LogP) is 3.33. The Morgan fingerprint density at radius 2 is 0.878 bits per heavy atom. The molecule has 2 aliphatic heterocycles. The van der Waals surface area contributed by atoms with Crippen LogP contribution in [0.5, 0.6) is 0 Å². The van der Waals surface area contributed by atoms with Gasteiger partial charge in [-0.15, -0.1) is 0 Å². The maximum Gasteiger partial charge on any atom is 0.409 e. The largest absolute Gasteiger partial charge is 0.447 e. The van der Waals surface area contributed by atoms with Crippen LogP contribution in [0.1, 0.15) is 34.6 Å². The van der Waals surface area contributed by atoms with Gasteiger partial charge in [0.15, 0.2) is 11.6 Å². The molecule has 0 unspecified atom stereocenters. The highest BCUT2D eigenvalue weighted by Gasteiger charge is 2.23. The first kappa shape index (κ1) is 29.9. The normalized spacial score (nSPS) is 15.5. The van der Waals surface area contributed by atoms with Crippen LogP contribution in [-0.2, 0) is 14.2 Å². The first-order valence-electron chi connectivity index (χ1n) is 13.9. The summed E-state index contributed by atoms with van der Waals surface area (Å²) in [6, 6.07) is 15.0. The minimum absolute atomic E-state index is 0.0373. The molecule has 0 N–H and O–H groups in total. The summed E-state index contributed by atoms with van der Waals surface area (Å²) in [5.41, 5.74) is 3.41.